The Bertz CT molecular complexity index is 101. The predicted molar refractivity (Wildman–Crippen MR) is 34.9 cm³/mol. The average molecular weight is 147 g/mol. The maximum atomic E-state index is 4.66. The highest BCUT2D eigenvalue weighted by molar-refractivity contribution is 7.99. The van der Waals surface area contributed by atoms with Crippen LogP contribution in [-0.2, 0) is 9.78 Å². The minimum Gasteiger partial charge on any atom is -0.249 e. The van der Waals surface area contributed by atoms with E-state index in [9.17, 15) is 0 Å². The van der Waals surface area contributed by atoms with Gasteiger partial charge in [0.05, 0.1) is 0 Å². The van der Waals surface area contributed by atoms with E-state index in [0.29, 0.717) is 0 Å². The van der Waals surface area contributed by atoms with Gasteiger partial charge < -0.3 is 0 Å². The summed E-state index contributed by atoms with van der Waals surface area (Å²) >= 11 is 1.99. The molecule has 0 atom stereocenters. The van der Waals surface area contributed by atoms with Crippen molar-refractivity contribution in [2.75, 3.05) is 24.6 Å². The van der Waals surface area contributed by atoms with E-state index in [4.69, 9.17) is 0 Å². The van der Waals surface area contributed by atoms with Gasteiger partial charge in [-0.3, -0.25) is 0 Å². The van der Waals surface area contributed by atoms with E-state index in [2.05, 4.69) is 14.7 Å². The standard InChI is InChI=1S/C5H9NO2S/c1-3-9-4-2-6(1)5-7-8-5/h5H,1-4H2. The molecule has 4 heteroatoms. The fourth-order valence-electron chi connectivity index (χ4n) is 0.935. The van der Waals surface area contributed by atoms with Gasteiger partial charge in [-0.15, -0.1) is 0 Å². The molecule has 0 aromatic rings. The van der Waals surface area contributed by atoms with Crippen molar-refractivity contribution in [3.8, 4) is 0 Å². The molecule has 9 heavy (non-hydrogen) atoms. The van der Waals surface area contributed by atoms with Crippen LogP contribution in [0.1, 0.15) is 0 Å². The second kappa shape index (κ2) is 2.46. The van der Waals surface area contributed by atoms with Gasteiger partial charge in [-0.25, -0.2) is 4.90 Å². The molecule has 0 unspecified atom stereocenters. The molecule has 0 aromatic heterocycles. The Balaban J connectivity index is 1.80. The van der Waals surface area contributed by atoms with E-state index in [-0.39, 0.29) is 6.41 Å². The Morgan fingerprint density at radius 1 is 1.22 bits per heavy atom. The van der Waals surface area contributed by atoms with Gasteiger partial charge in [-0.1, -0.05) is 0 Å². The summed E-state index contributed by atoms with van der Waals surface area (Å²) in [5.74, 6) is 2.42. The first-order chi connectivity index (χ1) is 4.47. The summed E-state index contributed by atoms with van der Waals surface area (Å²) < 4.78 is 0. The van der Waals surface area contributed by atoms with Gasteiger partial charge >= 0.3 is 0 Å². The van der Waals surface area contributed by atoms with Crippen molar-refractivity contribution >= 4 is 11.8 Å². The van der Waals surface area contributed by atoms with Crippen LogP contribution in [-0.4, -0.2) is 35.9 Å². The lowest BCUT2D eigenvalue weighted by atomic mass is 10.5. The molecule has 0 amide bonds. The van der Waals surface area contributed by atoms with Crippen LogP contribution in [0.25, 0.3) is 0 Å². The SMILES string of the molecule is C1CN(C2OO2)CCS1. The first-order valence-corrected chi connectivity index (χ1v) is 4.26. The summed E-state index contributed by atoms with van der Waals surface area (Å²) in [5.41, 5.74) is 0. The number of thioether (sulfide) groups is 1. The third kappa shape index (κ3) is 1.38. The van der Waals surface area contributed by atoms with Gasteiger partial charge in [0.15, 0.2) is 0 Å². The molecule has 2 fully saturated rings. The summed E-state index contributed by atoms with van der Waals surface area (Å²) in [6.07, 6.45) is 0.00546. The maximum Gasteiger partial charge on any atom is 0.280 e. The van der Waals surface area contributed by atoms with Gasteiger partial charge in [0.1, 0.15) is 0 Å². The van der Waals surface area contributed by atoms with Crippen molar-refractivity contribution in [2.45, 2.75) is 6.41 Å². The second-order valence-electron chi connectivity index (χ2n) is 2.15. The Hall–Kier alpha value is 0.230. The number of hydrogen-bond donors (Lipinski definition) is 0. The summed E-state index contributed by atoms with van der Waals surface area (Å²) in [7, 11) is 0. The molecule has 0 spiro atoms. The lowest BCUT2D eigenvalue weighted by Gasteiger charge is -2.21. The molecule has 2 heterocycles. The molecule has 2 rings (SSSR count). The molecule has 0 N–H and O–H groups in total. The van der Waals surface area contributed by atoms with Crippen LogP contribution in [0.3, 0.4) is 0 Å². The lowest BCUT2D eigenvalue weighted by Crippen LogP contribution is -2.34. The molecule has 0 aliphatic carbocycles. The summed E-state index contributed by atoms with van der Waals surface area (Å²) in [5, 5.41) is 0. The number of rotatable bonds is 1. The number of nitrogens with zero attached hydrogens (tertiary/aromatic N) is 1. The monoisotopic (exact) mass is 147 g/mol. The topological polar surface area (TPSA) is 28.3 Å². The van der Waals surface area contributed by atoms with Crippen LogP contribution in [0.5, 0.6) is 0 Å². The normalized spacial score (nSPS) is 30.7. The quantitative estimate of drug-likeness (QED) is 0.393. The van der Waals surface area contributed by atoms with Crippen LogP contribution < -0.4 is 0 Å². The van der Waals surface area contributed by atoms with Crippen molar-refractivity contribution in [1.82, 2.24) is 4.90 Å². The molecule has 0 bridgehead atoms. The van der Waals surface area contributed by atoms with Gasteiger partial charge in [0, 0.05) is 24.6 Å². The minimum atomic E-state index is 0.00546. The van der Waals surface area contributed by atoms with Gasteiger partial charge in [-0.2, -0.15) is 21.5 Å². The van der Waals surface area contributed by atoms with Crippen LogP contribution in [0, 0.1) is 0 Å². The summed E-state index contributed by atoms with van der Waals surface area (Å²) in [6.45, 7) is 2.21. The van der Waals surface area contributed by atoms with E-state index in [1.807, 2.05) is 11.8 Å². The minimum absolute atomic E-state index is 0.00546. The summed E-state index contributed by atoms with van der Waals surface area (Å²) in [4.78, 5) is 11.5. The first-order valence-electron chi connectivity index (χ1n) is 3.11. The first kappa shape index (κ1) is 5.97. The third-order valence-corrected chi connectivity index (χ3v) is 2.47. The molecule has 2 aliphatic rings. The molecule has 0 saturated carbocycles. The molecular weight excluding hydrogens is 138 g/mol. The molecule has 0 radical (unpaired) electrons. The smallest absolute Gasteiger partial charge is 0.249 e. The van der Waals surface area contributed by atoms with Gasteiger partial charge in [0.25, 0.3) is 6.41 Å². The van der Waals surface area contributed by atoms with Crippen LogP contribution in [0.2, 0.25) is 0 Å². The Labute approximate surface area is 58.2 Å². The fourth-order valence-corrected chi connectivity index (χ4v) is 1.87. The van der Waals surface area contributed by atoms with Crippen LogP contribution in [0.15, 0.2) is 0 Å². The third-order valence-electron chi connectivity index (χ3n) is 1.53. The van der Waals surface area contributed by atoms with Gasteiger partial charge in [0.2, 0.25) is 0 Å². The average Bonchev–Trinajstić information content (AvgIpc) is 2.71. The zero-order chi connectivity index (χ0) is 6.10. The van der Waals surface area contributed by atoms with Crippen molar-refractivity contribution in [3.63, 3.8) is 0 Å². The highest BCUT2D eigenvalue weighted by atomic mass is 32.2. The summed E-state index contributed by atoms with van der Waals surface area (Å²) in [6, 6.07) is 0. The van der Waals surface area contributed by atoms with E-state index < -0.39 is 0 Å². The molecule has 3 nitrogen and oxygen atoms in total. The lowest BCUT2D eigenvalue weighted by molar-refractivity contribution is 0.0850. The molecule has 2 aliphatic heterocycles. The fraction of sp³-hybridized carbons (Fsp3) is 1.00. The Morgan fingerprint density at radius 2 is 1.89 bits per heavy atom. The number of hydrogen-bond acceptors (Lipinski definition) is 4. The molecule has 52 valence electrons. The van der Waals surface area contributed by atoms with E-state index in [1.54, 1.807) is 0 Å². The van der Waals surface area contributed by atoms with Crippen molar-refractivity contribution < 1.29 is 9.78 Å². The van der Waals surface area contributed by atoms with Crippen LogP contribution in [0.4, 0.5) is 0 Å². The van der Waals surface area contributed by atoms with Gasteiger partial charge in [-0.05, 0) is 0 Å². The van der Waals surface area contributed by atoms with Crippen LogP contribution >= 0.6 is 11.8 Å². The van der Waals surface area contributed by atoms with Crippen molar-refractivity contribution in [1.29, 1.82) is 0 Å². The molecule has 2 saturated heterocycles. The second-order valence-corrected chi connectivity index (χ2v) is 3.37. The van der Waals surface area contributed by atoms with E-state index >= 15 is 0 Å². The zero-order valence-electron chi connectivity index (χ0n) is 5.08. The van der Waals surface area contributed by atoms with Crippen molar-refractivity contribution in [2.24, 2.45) is 0 Å². The largest absolute Gasteiger partial charge is 0.280 e. The Morgan fingerprint density at radius 3 is 2.44 bits per heavy atom. The maximum absolute atomic E-state index is 4.66. The Kier molecular flexibility index (Phi) is 1.63. The molecular formula is C5H9NO2S. The van der Waals surface area contributed by atoms with Crippen molar-refractivity contribution in [3.05, 3.63) is 0 Å². The highest BCUT2D eigenvalue weighted by Crippen LogP contribution is 2.21. The predicted octanol–water partition coefficient (Wildman–Crippen LogP) is 0.281. The zero-order valence-corrected chi connectivity index (χ0v) is 5.89. The highest BCUT2D eigenvalue weighted by Gasteiger charge is 2.33. The molecule has 0 aromatic carbocycles. The van der Waals surface area contributed by atoms with E-state index in [0.717, 1.165) is 13.1 Å². The van der Waals surface area contributed by atoms with E-state index in [1.165, 1.54) is 11.5 Å².